The molecule has 3 N–H and O–H groups in total. The minimum atomic E-state index is -1.07. The number of nitrogens with one attached hydrogen (secondary N) is 3. The first-order valence-corrected chi connectivity index (χ1v) is 11.2. The third kappa shape index (κ3) is 6.84. The number of alkyl carbamates (subject to hydrolysis) is 1. The van der Waals surface area contributed by atoms with E-state index >= 15 is 0 Å². The van der Waals surface area contributed by atoms with Gasteiger partial charge in [0.1, 0.15) is 12.6 Å². The second-order valence-corrected chi connectivity index (χ2v) is 8.35. The van der Waals surface area contributed by atoms with Crippen LogP contribution in [0.25, 0.3) is 0 Å². The van der Waals surface area contributed by atoms with Gasteiger partial charge in [-0.1, -0.05) is 44.2 Å². The van der Waals surface area contributed by atoms with E-state index in [0.29, 0.717) is 18.5 Å². The van der Waals surface area contributed by atoms with Crippen molar-refractivity contribution in [1.29, 1.82) is 0 Å². The Balaban J connectivity index is 1.66. The van der Waals surface area contributed by atoms with E-state index in [9.17, 15) is 19.2 Å². The van der Waals surface area contributed by atoms with Crippen LogP contribution in [0.3, 0.4) is 0 Å². The number of Topliss-reactive ketones (excluding diaryl/α,β-unsaturated/α-hetero) is 1. The Labute approximate surface area is 197 Å². The summed E-state index contributed by atoms with van der Waals surface area (Å²) in [7, 11) is 0. The van der Waals surface area contributed by atoms with E-state index in [-0.39, 0.29) is 25.5 Å². The molecule has 0 radical (unpaired) electrons. The molecular weight excluding hydrogens is 438 g/mol. The molecule has 1 aliphatic heterocycles. The average molecular weight is 468 g/mol. The van der Waals surface area contributed by atoms with Gasteiger partial charge < -0.3 is 20.7 Å². The van der Waals surface area contributed by atoms with E-state index < -0.39 is 35.8 Å². The molecule has 1 aromatic carbocycles. The largest absolute Gasteiger partial charge is 0.445 e. The monoisotopic (exact) mass is 467 g/mol. The number of carbonyl (C=O) groups excluding carboxylic acids is 4. The fourth-order valence-electron chi connectivity index (χ4n) is 3.59. The van der Waals surface area contributed by atoms with E-state index in [2.05, 4.69) is 25.9 Å². The lowest BCUT2D eigenvalue weighted by molar-refractivity contribution is -0.140. The van der Waals surface area contributed by atoms with Crippen molar-refractivity contribution in [2.45, 2.75) is 51.8 Å². The molecule has 10 heteroatoms. The van der Waals surface area contributed by atoms with Crippen LogP contribution in [-0.2, 0) is 38.6 Å². The molecule has 0 saturated heterocycles. The number of ketones is 1. The SMILES string of the molecule is CC(C)C(NC(=O)OCc1ccccc1)C(=O)NC1CCc2nccnc2CCNC(=O)C1=O. The Hall–Kier alpha value is -3.82. The minimum absolute atomic E-state index is 0.0564. The molecule has 1 aliphatic rings. The molecule has 34 heavy (non-hydrogen) atoms. The summed E-state index contributed by atoms with van der Waals surface area (Å²) in [6.45, 7) is 3.81. The summed E-state index contributed by atoms with van der Waals surface area (Å²) in [5.74, 6) is -2.38. The predicted octanol–water partition coefficient (Wildman–Crippen LogP) is 1.09. The van der Waals surface area contributed by atoms with Gasteiger partial charge in [-0.3, -0.25) is 24.4 Å². The zero-order chi connectivity index (χ0) is 24.5. The number of hydrogen-bond acceptors (Lipinski definition) is 7. The summed E-state index contributed by atoms with van der Waals surface area (Å²) in [4.78, 5) is 59.0. The van der Waals surface area contributed by atoms with E-state index in [1.165, 1.54) is 0 Å². The van der Waals surface area contributed by atoms with Gasteiger partial charge in [-0.15, -0.1) is 0 Å². The summed E-state index contributed by atoms with van der Waals surface area (Å²) < 4.78 is 5.22. The molecule has 1 aromatic heterocycles. The number of benzene rings is 1. The van der Waals surface area contributed by atoms with Crippen LogP contribution in [0.5, 0.6) is 0 Å². The zero-order valence-corrected chi connectivity index (χ0v) is 19.2. The third-order valence-electron chi connectivity index (χ3n) is 5.47. The fraction of sp³-hybridized carbons (Fsp3) is 0.417. The molecule has 180 valence electrons. The topological polar surface area (TPSA) is 139 Å². The van der Waals surface area contributed by atoms with Gasteiger partial charge >= 0.3 is 6.09 Å². The number of amides is 3. The average Bonchev–Trinajstić information content (AvgIpc) is 2.83. The predicted molar refractivity (Wildman–Crippen MR) is 122 cm³/mol. The van der Waals surface area contributed by atoms with Crippen molar-refractivity contribution in [2.24, 2.45) is 5.92 Å². The Kier molecular flexibility index (Phi) is 8.66. The summed E-state index contributed by atoms with van der Waals surface area (Å²) in [5.41, 5.74) is 2.27. The number of carbonyl (C=O) groups is 4. The second kappa shape index (κ2) is 11.9. The zero-order valence-electron chi connectivity index (χ0n) is 19.2. The number of nitrogens with zero attached hydrogens (tertiary/aromatic N) is 2. The van der Waals surface area contributed by atoms with Crippen molar-refractivity contribution in [1.82, 2.24) is 25.9 Å². The molecule has 2 heterocycles. The van der Waals surface area contributed by atoms with Crippen molar-refractivity contribution in [3.8, 4) is 0 Å². The van der Waals surface area contributed by atoms with Gasteiger partial charge in [0.15, 0.2) is 0 Å². The van der Waals surface area contributed by atoms with Crippen LogP contribution in [-0.4, -0.2) is 52.3 Å². The van der Waals surface area contributed by atoms with Crippen molar-refractivity contribution in [3.63, 3.8) is 0 Å². The quantitative estimate of drug-likeness (QED) is 0.540. The molecule has 0 spiro atoms. The van der Waals surface area contributed by atoms with Gasteiger partial charge in [-0.2, -0.15) is 0 Å². The molecule has 2 atom stereocenters. The molecule has 0 fully saturated rings. The van der Waals surface area contributed by atoms with Gasteiger partial charge in [0.25, 0.3) is 5.91 Å². The molecular formula is C24H29N5O5. The lowest BCUT2D eigenvalue weighted by Crippen LogP contribution is -2.55. The smallest absolute Gasteiger partial charge is 0.408 e. The maximum atomic E-state index is 13.0. The Morgan fingerprint density at radius 2 is 1.76 bits per heavy atom. The van der Waals surface area contributed by atoms with Crippen LogP contribution in [0, 0.1) is 5.92 Å². The molecule has 0 aliphatic carbocycles. The van der Waals surface area contributed by atoms with Crippen LogP contribution in [0.2, 0.25) is 0 Å². The molecule has 10 nitrogen and oxygen atoms in total. The number of hydrogen-bond donors (Lipinski definition) is 3. The Morgan fingerprint density at radius 1 is 1.09 bits per heavy atom. The number of ether oxygens (including phenoxy) is 1. The molecule has 2 aromatic rings. The van der Waals surface area contributed by atoms with Gasteiger partial charge in [0.05, 0.1) is 17.4 Å². The highest BCUT2D eigenvalue weighted by atomic mass is 16.5. The Morgan fingerprint density at radius 3 is 2.44 bits per heavy atom. The van der Waals surface area contributed by atoms with Crippen molar-refractivity contribution in [2.75, 3.05) is 6.54 Å². The lowest BCUT2D eigenvalue weighted by Gasteiger charge is -2.25. The standard InChI is InChI=1S/C24H29N5O5/c1-15(2)20(29-24(33)34-14-16-6-4-3-5-7-16)22(31)28-19-9-8-17-18(26-13-12-25-17)10-11-27-23(32)21(19)30/h3-7,12-13,15,19-20H,8-11,14H2,1-2H3,(H,27,32)(H,28,31)(H,29,33). The minimum Gasteiger partial charge on any atom is -0.445 e. The maximum Gasteiger partial charge on any atom is 0.408 e. The maximum absolute atomic E-state index is 13.0. The van der Waals surface area contributed by atoms with Crippen LogP contribution < -0.4 is 16.0 Å². The highest BCUT2D eigenvalue weighted by Gasteiger charge is 2.32. The summed E-state index contributed by atoms with van der Waals surface area (Å²) in [6.07, 6.45) is 3.39. The summed E-state index contributed by atoms with van der Waals surface area (Å²) in [5, 5.41) is 7.76. The Bertz CT molecular complexity index is 1030. The van der Waals surface area contributed by atoms with Crippen LogP contribution in [0.4, 0.5) is 4.79 Å². The molecule has 3 rings (SSSR count). The fourth-order valence-corrected chi connectivity index (χ4v) is 3.59. The first kappa shape index (κ1) is 24.8. The van der Waals surface area contributed by atoms with Crippen molar-refractivity contribution >= 4 is 23.7 Å². The highest BCUT2D eigenvalue weighted by Crippen LogP contribution is 2.11. The highest BCUT2D eigenvalue weighted by molar-refractivity contribution is 6.38. The number of aryl methyl sites for hydroxylation is 1. The molecule has 3 amide bonds. The molecule has 2 unspecified atom stereocenters. The van der Waals surface area contributed by atoms with Crippen LogP contribution in [0.1, 0.15) is 37.2 Å². The first-order chi connectivity index (χ1) is 16.3. The van der Waals surface area contributed by atoms with E-state index in [1.807, 2.05) is 30.3 Å². The number of aromatic nitrogens is 2. The second-order valence-electron chi connectivity index (χ2n) is 8.35. The third-order valence-corrected chi connectivity index (χ3v) is 5.47. The van der Waals surface area contributed by atoms with Gasteiger partial charge in [-0.25, -0.2) is 4.79 Å². The van der Waals surface area contributed by atoms with Gasteiger partial charge in [0.2, 0.25) is 11.7 Å². The van der Waals surface area contributed by atoms with E-state index in [0.717, 1.165) is 11.3 Å². The van der Waals surface area contributed by atoms with Gasteiger partial charge in [0, 0.05) is 25.4 Å². The normalized spacial score (nSPS) is 17.2. The van der Waals surface area contributed by atoms with E-state index in [4.69, 9.17) is 4.74 Å². The van der Waals surface area contributed by atoms with Gasteiger partial charge in [-0.05, 0) is 24.3 Å². The van der Waals surface area contributed by atoms with Crippen LogP contribution in [0.15, 0.2) is 42.7 Å². The number of fused-ring (bicyclic) bond motifs is 1. The summed E-state index contributed by atoms with van der Waals surface area (Å²) in [6, 6.07) is 7.13. The molecule has 0 saturated carbocycles. The van der Waals surface area contributed by atoms with E-state index in [1.54, 1.807) is 26.2 Å². The summed E-state index contributed by atoms with van der Waals surface area (Å²) >= 11 is 0. The number of rotatable bonds is 6. The molecule has 0 bridgehead atoms. The lowest BCUT2D eigenvalue weighted by atomic mass is 9.99. The van der Waals surface area contributed by atoms with Crippen molar-refractivity contribution < 1.29 is 23.9 Å². The van der Waals surface area contributed by atoms with Crippen LogP contribution >= 0.6 is 0 Å². The first-order valence-electron chi connectivity index (χ1n) is 11.2. The van der Waals surface area contributed by atoms with Crippen molar-refractivity contribution in [3.05, 3.63) is 59.7 Å².